The number of carboxylic acid groups (broad SMARTS) is 1. The average molecular weight is 326 g/mol. The van der Waals surface area contributed by atoms with Crippen molar-refractivity contribution in [3.8, 4) is 0 Å². The maximum Gasteiger partial charge on any atom is 0.317 e. The Morgan fingerprint density at radius 3 is 2.52 bits per heavy atom. The SMILES string of the molecule is CCCOC1CCCN(C(=O)NC2CCC(C(=O)O)CC2)CC1. The number of likely N-dealkylation sites (tertiary alicyclic amines) is 1. The molecular formula is C17H30N2O4. The van der Waals surface area contributed by atoms with Gasteiger partial charge in [-0.25, -0.2) is 4.79 Å². The zero-order valence-electron chi connectivity index (χ0n) is 14.1. The van der Waals surface area contributed by atoms with Gasteiger partial charge in [0.05, 0.1) is 12.0 Å². The summed E-state index contributed by atoms with van der Waals surface area (Å²) >= 11 is 0. The fraction of sp³-hybridized carbons (Fsp3) is 0.882. The molecule has 0 bridgehead atoms. The summed E-state index contributed by atoms with van der Waals surface area (Å²) in [5.41, 5.74) is 0. The average Bonchev–Trinajstić information content (AvgIpc) is 2.79. The van der Waals surface area contributed by atoms with Crippen molar-refractivity contribution in [1.82, 2.24) is 10.2 Å². The van der Waals surface area contributed by atoms with Gasteiger partial charge in [-0.2, -0.15) is 0 Å². The van der Waals surface area contributed by atoms with Crippen LogP contribution in [0.2, 0.25) is 0 Å². The molecule has 1 saturated heterocycles. The van der Waals surface area contributed by atoms with E-state index in [0.717, 1.165) is 58.2 Å². The third-order valence-corrected chi connectivity index (χ3v) is 4.92. The molecule has 1 unspecified atom stereocenters. The van der Waals surface area contributed by atoms with Gasteiger partial charge >= 0.3 is 12.0 Å². The molecule has 2 rings (SSSR count). The van der Waals surface area contributed by atoms with Crippen LogP contribution in [0.1, 0.15) is 58.3 Å². The van der Waals surface area contributed by atoms with E-state index in [1.807, 2.05) is 4.90 Å². The number of rotatable bonds is 5. The number of aliphatic carboxylic acids is 1. The summed E-state index contributed by atoms with van der Waals surface area (Å²) in [5, 5.41) is 12.1. The van der Waals surface area contributed by atoms with E-state index >= 15 is 0 Å². The van der Waals surface area contributed by atoms with Crippen LogP contribution in [0.4, 0.5) is 4.79 Å². The highest BCUT2D eigenvalue weighted by Gasteiger charge is 2.28. The molecule has 2 amide bonds. The lowest BCUT2D eigenvalue weighted by atomic mass is 9.86. The summed E-state index contributed by atoms with van der Waals surface area (Å²) in [6.45, 7) is 4.42. The fourth-order valence-corrected chi connectivity index (χ4v) is 3.47. The number of hydrogen-bond donors (Lipinski definition) is 2. The van der Waals surface area contributed by atoms with E-state index in [9.17, 15) is 9.59 Å². The van der Waals surface area contributed by atoms with Crippen LogP contribution in [0.15, 0.2) is 0 Å². The van der Waals surface area contributed by atoms with Crippen LogP contribution < -0.4 is 5.32 Å². The first-order valence-electron chi connectivity index (χ1n) is 9.00. The first kappa shape index (κ1) is 18.0. The maximum atomic E-state index is 12.4. The highest BCUT2D eigenvalue weighted by Crippen LogP contribution is 2.24. The number of nitrogens with one attached hydrogen (secondary N) is 1. The van der Waals surface area contributed by atoms with Gasteiger partial charge in [0.1, 0.15) is 0 Å². The number of nitrogens with zero attached hydrogens (tertiary/aromatic N) is 1. The predicted octanol–water partition coefficient (Wildman–Crippen LogP) is 2.62. The molecule has 132 valence electrons. The first-order chi connectivity index (χ1) is 11.1. The normalized spacial score (nSPS) is 28.9. The molecule has 1 aliphatic heterocycles. The maximum absolute atomic E-state index is 12.4. The van der Waals surface area contributed by atoms with Crippen LogP contribution in [-0.2, 0) is 9.53 Å². The Balaban J connectivity index is 1.72. The molecule has 1 aliphatic carbocycles. The number of hydrogen-bond acceptors (Lipinski definition) is 3. The lowest BCUT2D eigenvalue weighted by Gasteiger charge is -2.29. The van der Waals surface area contributed by atoms with E-state index in [4.69, 9.17) is 9.84 Å². The molecular weight excluding hydrogens is 296 g/mol. The number of amides is 2. The summed E-state index contributed by atoms with van der Waals surface area (Å²) in [5.74, 6) is -0.946. The van der Waals surface area contributed by atoms with Crippen LogP contribution in [0.5, 0.6) is 0 Å². The van der Waals surface area contributed by atoms with Crippen LogP contribution >= 0.6 is 0 Å². The Hall–Kier alpha value is -1.30. The number of ether oxygens (including phenoxy) is 1. The number of urea groups is 1. The van der Waals surface area contributed by atoms with Crippen molar-refractivity contribution in [3.05, 3.63) is 0 Å². The molecule has 0 aromatic rings. The fourth-order valence-electron chi connectivity index (χ4n) is 3.47. The minimum atomic E-state index is -0.708. The van der Waals surface area contributed by atoms with Crippen LogP contribution in [0, 0.1) is 5.92 Å². The molecule has 6 heteroatoms. The van der Waals surface area contributed by atoms with Crippen molar-refractivity contribution in [3.63, 3.8) is 0 Å². The van der Waals surface area contributed by atoms with Crippen molar-refractivity contribution in [2.24, 2.45) is 5.92 Å². The van der Waals surface area contributed by atoms with Gasteiger partial charge in [-0.3, -0.25) is 4.79 Å². The van der Waals surface area contributed by atoms with Gasteiger partial charge in [0.2, 0.25) is 0 Å². The molecule has 0 aromatic carbocycles. The first-order valence-corrected chi connectivity index (χ1v) is 9.00. The highest BCUT2D eigenvalue weighted by molar-refractivity contribution is 5.74. The molecule has 0 radical (unpaired) electrons. The Morgan fingerprint density at radius 2 is 1.87 bits per heavy atom. The molecule has 0 aromatic heterocycles. The minimum absolute atomic E-state index is 0.0000773. The second kappa shape index (κ2) is 9.11. The zero-order chi connectivity index (χ0) is 16.7. The third kappa shape index (κ3) is 5.68. The monoisotopic (exact) mass is 326 g/mol. The Kier molecular flexibility index (Phi) is 7.15. The largest absolute Gasteiger partial charge is 0.481 e. The predicted molar refractivity (Wildman–Crippen MR) is 87.4 cm³/mol. The molecule has 1 saturated carbocycles. The summed E-state index contributed by atoms with van der Waals surface area (Å²) < 4.78 is 5.81. The number of carbonyl (C=O) groups excluding carboxylic acids is 1. The van der Waals surface area contributed by atoms with Gasteiger partial charge in [0.15, 0.2) is 0 Å². The molecule has 2 aliphatic rings. The van der Waals surface area contributed by atoms with Gasteiger partial charge in [0, 0.05) is 25.7 Å². The summed E-state index contributed by atoms with van der Waals surface area (Å²) in [4.78, 5) is 25.3. The van der Waals surface area contributed by atoms with Crippen LogP contribution in [0.3, 0.4) is 0 Å². The van der Waals surface area contributed by atoms with Gasteiger partial charge in [-0.1, -0.05) is 6.92 Å². The third-order valence-electron chi connectivity index (χ3n) is 4.92. The van der Waals surface area contributed by atoms with E-state index in [-0.39, 0.29) is 24.1 Å². The summed E-state index contributed by atoms with van der Waals surface area (Å²) in [6.07, 6.45) is 7.05. The Labute approximate surface area is 138 Å². The van der Waals surface area contributed by atoms with Crippen molar-refractivity contribution in [1.29, 1.82) is 0 Å². The van der Waals surface area contributed by atoms with Gasteiger partial charge in [-0.05, 0) is 51.4 Å². The van der Waals surface area contributed by atoms with Gasteiger partial charge in [-0.15, -0.1) is 0 Å². The highest BCUT2D eigenvalue weighted by atomic mass is 16.5. The van der Waals surface area contributed by atoms with E-state index in [1.165, 1.54) is 0 Å². The lowest BCUT2D eigenvalue weighted by molar-refractivity contribution is -0.142. The molecule has 2 N–H and O–H groups in total. The number of carboxylic acids is 1. The molecule has 0 spiro atoms. The summed E-state index contributed by atoms with van der Waals surface area (Å²) in [6, 6.07) is 0.119. The molecule has 1 heterocycles. The van der Waals surface area contributed by atoms with Crippen molar-refractivity contribution in [2.45, 2.75) is 70.4 Å². The zero-order valence-corrected chi connectivity index (χ0v) is 14.1. The van der Waals surface area contributed by atoms with Crippen molar-refractivity contribution in [2.75, 3.05) is 19.7 Å². The standard InChI is InChI=1S/C17H30N2O4/c1-2-12-23-15-4-3-10-19(11-9-15)17(22)18-14-7-5-13(6-8-14)16(20)21/h13-15H,2-12H2,1H3,(H,18,22)(H,20,21). The minimum Gasteiger partial charge on any atom is -0.481 e. The second-order valence-corrected chi connectivity index (χ2v) is 6.75. The quantitative estimate of drug-likeness (QED) is 0.814. The molecule has 23 heavy (non-hydrogen) atoms. The second-order valence-electron chi connectivity index (χ2n) is 6.75. The topological polar surface area (TPSA) is 78.9 Å². The Bertz CT molecular complexity index is 394. The molecule has 6 nitrogen and oxygen atoms in total. The van der Waals surface area contributed by atoms with Gasteiger partial charge in [0.25, 0.3) is 0 Å². The van der Waals surface area contributed by atoms with Crippen LogP contribution in [-0.4, -0.2) is 53.8 Å². The summed E-state index contributed by atoms with van der Waals surface area (Å²) in [7, 11) is 0. The van der Waals surface area contributed by atoms with E-state index < -0.39 is 5.97 Å². The smallest absolute Gasteiger partial charge is 0.317 e. The van der Waals surface area contributed by atoms with Crippen molar-refractivity contribution < 1.29 is 19.4 Å². The molecule has 2 fully saturated rings. The molecule has 1 atom stereocenters. The van der Waals surface area contributed by atoms with E-state index in [2.05, 4.69) is 12.2 Å². The van der Waals surface area contributed by atoms with E-state index in [1.54, 1.807) is 0 Å². The van der Waals surface area contributed by atoms with Crippen LogP contribution in [0.25, 0.3) is 0 Å². The Morgan fingerprint density at radius 1 is 1.13 bits per heavy atom. The lowest BCUT2D eigenvalue weighted by Crippen LogP contribution is -2.46. The van der Waals surface area contributed by atoms with E-state index in [0.29, 0.717) is 12.8 Å². The number of carbonyl (C=O) groups is 2. The van der Waals surface area contributed by atoms with Gasteiger partial charge < -0.3 is 20.1 Å². The van der Waals surface area contributed by atoms with Crippen molar-refractivity contribution >= 4 is 12.0 Å².